The fraction of sp³-hybridized carbons (Fsp3) is 0.978. The molecule has 0 aliphatic rings. The molecule has 0 aromatic carbocycles. The Morgan fingerprint density at radius 3 is 1.23 bits per heavy atom. The van der Waals surface area contributed by atoms with Gasteiger partial charge >= 0.3 is 13.6 Å². The molecule has 0 N–H and O–H groups in total. The lowest BCUT2D eigenvalue weighted by molar-refractivity contribution is -0.154. The second-order valence-electron chi connectivity index (χ2n) is 17.4. The number of hydrogen-bond acceptors (Lipinski definition) is 6. The maximum atomic E-state index is 12.9. The first-order chi connectivity index (χ1) is 25.6. The van der Waals surface area contributed by atoms with E-state index in [1.807, 2.05) is 0 Å². The van der Waals surface area contributed by atoms with Gasteiger partial charge in [0.15, 0.2) is 0 Å². The van der Waals surface area contributed by atoms with Crippen molar-refractivity contribution in [3.05, 3.63) is 0 Å². The molecule has 0 rings (SSSR count). The van der Waals surface area contributed by atoms with Crippen molar-refractivity contribution < 1.29 is 27.9 Å². The Kier molecular flexibility index (Phi) is 38.1. The number of ether oxygens (including phenoxy) is 2. The predicted octanol–water partition coefficient (Wildman–Crippen LogP) is 15.7. The third-order valence-electron chi connectivity index (χ3n) is 10.4. The average molecular weight is 773 g/mol. The molecule has 0 aliphatic carbocycles. The number of esters is 1. The van der Waals surface area contributed by atoms with Crippen LogP contribution in [0.25, 0.3) is 0 Å². The van der Waals surface area contributed by atoms with Crippen LogP contribution in [-0.4, -0.2) is 45.2 Å². The molecule has 0 heterocycles. The van der Waals surface area contributed by atoms with E-state index in [2.05, 4.69) is 34.6 Å². The van der Waals surface area contributed by atoms with Crippen molar-refractivity contribution in [2.24, 2.45) is 5.41 Å². The second kappa shape index (κ2) is 38.5. The van der Waals surface area contributed by atoms with Crippen LogP contribution in [0.5, 0.6) is 0 Å². The van der Waals surface area contributed by atoms with Crippen LogP contribution < -0.4 is 0 Å². The maximum absolute atomic E-state index is 12.9. The topological polar surface area (TPSA) is 71.1 Å². The Bertz CT molecular complexity index is 812. The SMILES string of the molecule is CCCCCCCCCCCCCCCCCCCC(=O)O[C@H](COCCCCCCCCCCCCCCCC)COP(C)(=O)OCCC(C)(C)C. The summed E-state index contributed by atoms with van der Waals surface area (Å²) in [6.45, 7) is 13.7. The van der Waals surface area contributed by atoms with Crippen LogP contribution in [0.1, 0.15) is 247 Å². The van der Waals surface area contributed by atoms with E-state index in [0.717, 1.165) is 32.1 Å². The first-order valence-electron chi connectivity index (χ1n) is 23.2. The molecule has 0 radical (unpaired) electrons. The molecule has 2 atom stereocenters. The van der Waals surface area contributed by atoms with E-state index in [9.17, 15) is 9.36 Å². The standard InChI is InChI=1S/C46H93O6P/c1-7-9-11-13-15-17-19-21-23-24-25-26-28-30-32-34-36-38-45(47)52-44(43-51-53(6,48)50-41-39-46(3,4)5)42-49-40-37-35-33-31-29-27-22-20-18-16-14-12-10-8-2/h44H,7-43H2,1-6H3/t44-,53?/m1/s1. The van der Waals surface area contributed by atoms with Gasteiger partial charge in [-0.3, -0.25) is 9.36 Å². The minimum absolute atomic E-state index is 0.0207. The summed E-state index contributed by atoms with van der Waals surface area (Å²) in [7, 11) is -3.25. The number of carbonyl (C=O) groups is 1. The van der Waals surface area contributed by atoms with Gasteiger partial charge in [0.1, 0.15) is 6.10 Å². The molecule has 0 saturated heterocycles. The molecule has 0 aliphatic heterocycles. The maximum Gasteiger partial charge on any atom is 0.327 e. The van der Waals surface area contributed by atoms with Gasteiger partial charge in [0.05, 0.1) is 19.8 Å². The molecule has 1 unspecified atom stereocenters. The third-order valence-corrected chi connectivity index (χ3v) is 11.7. The molecule has 6 nitrogen and oxygen atoms in total. The molecule has 0 spiro atoms. The van der Waals surface area contributed by atoms with E-state index in [1.165, 1.54) is 180 Å². The highest BCUT2D eigenvalue weighted by atomic mass is 31.2. The van der Waals surface area contributed by atoms with Crippen molar-refractivity contribution in [1.82, 2.24) is 0 Å². The zero-order valence-electron chi connectivity index (χ0n) is 36.6. The van der Waals surface area contributed by atoms with E-state index < -0.39 is 13.7 Å². The van der Waals surface area contributed by atoms with Crippen molar-refractivity contribution in [3.63, 3.8) is 0 Å². The van der Waals surface area contributed by atoms with Gasteiger partial charge in [0, 0.05) is 19.7 Å². The van der Waals surface area contributed by atoms with Gasteiger partial charge in [-0.05, 0) is 24.7 Å². The molecule has 0 saturated carbocycles. The van der Waals surface area contributed by atoms with E-state index in [-0.39, 0.29) is 24.6 Å². The van der Waals surface area contributed by atoms with Crippen LogP contribution in [0.4, 0.5) is 0 Å². The van der Waals surface area contributed by atoms with E-state index in [4.69, 9.17) is 18.5 Å². The summed E-state index contributed by atoms with van der Waals surface area (Å²) >= 11 is 0. The normalized spacial score (nSPS) is 13.7. The van der Waals surface area contributed by atoms with Gasteiger partial charge in [0.25, 0.3) is 0 Å². The molecule has 318 valence electrons. The van der Waals surface area contributed by atoms with Gasteiger partial charge in [-0.25, -0.2) is 0 Å². The van der Waals surface area contributed by atoms with Crippen LogP contribution in [-0.2, 0) is 27.9 Å². The van der Waals surface area contributed by atoms with E-state index in [1.54, 1.807) is 0 Å². The van der Waals surface area contributed by atoms with Gasteiger partial charge in [0.2, 0.25) is 0 Å². The second-order valence-corrected chi connectivity index (χ2v) is 19.5. The molecule has 0 aromatic rings. The van der Waals surface area contributed by atoms with Gasteiger partial charge in [-0.2, -0.15) is 0 Å². The summed E-state index contributed by atoms with van der Waals surface area (Å²) in [6.07, 6.45) is 41.5. The quantitative estimate of drug-likeness (QED) is 0.0350. The average Bonchev–Trinajstić information content (AvgIpc) is 3.11. The summed E-state index contributed by atoms with van der Waals surface area (Å²) in [5.74, 6) is -0.223. The summed E-state index contributed by atoms with van der Waals surface area (Å²) in [4.78, 5) is 12.8. The molecule has 53 heavy (non-hydrogen) atoms. The molecule has 0 aromatic heterocycles. The summed E-state index contributed by atoms with van der Waals surface area (Å²) in [6, 6.07) is 0. The molecule has 7 heteroatoms. The zero-order chi connectivity index (χ0) is 39.1. The third kappa shape index (κ3) is 42.6. The van der Waals surface area contributed by atoms with Gasteiger partial charge in [-0.1, -0.05) is 221 Å². The number of rotatable bonds is 42. The number of unbranched alkanes of at least 4 members (excludes halogenated alkanes) is 29. The van der Waals surface area contributed by atoms with Gasteiger partial charge < -0.3 is 18.5 Å². The monoisotopic (exact) mass is 773 g/mol. The minimum Gasteiger partial charge on any atom is -0.457 e. The first kappa shape index (κ1) is 52.6. The van der Waals surface area contributed by atoms with Crippen LogP contribution >= 0.6 is 7.60 Å². The Morgan fingerprint density at radius 1 is 0.491 bits per heavy atom. The highest BCUT2D eigenvalue weighted by Crippen LogP contribution is 2.44. The van der Waals surface area contributed by atoms with Crippen molar-refractivity contribution in [2.45, 2.75) is 253 Å². The molecule has 0 fully saturated rings. The van der Waals surface area contributed by atoms with Gasteiger partial charge in [-0.15, -0.1) is 0 Å². The Morgan fingerprint density at radius 2 is 0.849 bits per heavy atom. The predicted molar refractivity (Wildman–Crippen MR) is 229 cm³/mol. The molecule has 0 bridgehead atoms. The van der Waals surface area contributed by atoms with Crippen molar-refractivity contribution in [1.29, 1.82) is 0 Å². The van der Waals surface area contributed by atoms with E-state index >= 15 is 0 Å². The van der Waals surface area contributed by atoms with Crippen LogP contribution in [0, 0.1) is 5.41 Å². The minimum atomic E-state index is -3.25. The van der Waals surface area contributed by atoms with E-state index in [0.29, 0.717) is 19.6 Å². The number of hydrogen-bond donors (Lipinski definition) is 0. The summed E-state index contributed by atoms with van der Waals surface area (Å²) in [5.41, 5.74) is 0.0889. The smallest absolute Gasteiger partial charge is 0.327 e. The molecular weight excluding hydrogens is 679 g/mol. The summed E-state index contributed by atoms with van der Waals surface area (Å²) < 4.78 is 36.0. The van der Waals surface area contributed by atoms with Crippen LogP contribution in [0.3, 0.4) is 0 Å². The first-order valence-corrected chi connectivity index (χ1v) is 25.2. The highest BCUT2D eigenvalue weighted by molar-refractivity contribution is 7.52. The largest absolute Gasteiger partial charge is 0.457 e. The fourth-order valence-corrected chi connectivity index (χ4v) is 7.68. The Balaban J connectivity index is 4.16. The molecular formula is C46H93O6P. The zero-order valence-corrected chi connectivity index (χ0v) is 37.5. The van der Waals surface area contributed by atoms with Crippen molar-refractivity contribution in [3.8, 4) is 0 Å². The lowest BCUT2D eigenvalue weighted by Crippen LogP contribution is -2.28. The highest BCUT2D eigenvalue weighted by Gasteiger charge is 2.23. The van der Waals surface area contributed by atoms with Crippen molar-refractivity contribution >= 4 is 13.6 Å². The lowest BCUT2D eigenvalue weighted by atomic mass is 9.93. The van der Waals surface area contributed by atoms with Crippen molar-refractivity contribution in [2.75, 3.05) is 33.1 Å². The summed E-state index contributed by atoms with van der Waals surface area (Å²) in [5, 5.41) is 0. The van der Waals surface area contributed by atoms with Crippen LogP contribution in [0.2, 0.25) is 0 Å². The Labute approximate surface area is 331 Å². The van der Waals surface area contributed by atoms with Crippen LogP contribution in [0.15, 0.2) is 0 Å². The fourth-order valence-electron chi connectivity index (χ4n) is 6.74. The Hall–Kier alpha value is -0.420. The lowest BCUT2D eigenvalue weighted by Gasteiger charge is -2.22. The number of carbonyl (C=O) groups excluding carboxylic acids is 1. The molecule has 0 amide bonds.